The monoisotopic (exact) mass is 293 g/mol. The van der Waals surface area contributed by atoms with Gasteiger partial charge in [0, 0.05) is 22.3 Å². The normalized spacial score (nSPS) is 11.7. The molecular formula is C14H16BrNO. The molecule has 0 aliphatic heterocycles. The number of rotatable bonds is 4. The highest BCUT2D eigenvalue weighted by molar-refractivity contribution is 9.09. The molecule has 17 heavy (non-hydrogen) atoms. The van der Waals surface area contributed by atoms with Gasteiger partial charge in [-0.2, -0.15) is 0 Å². The molecule has 0 radical (unpaired) electrons. The number of ether oxygens (including phenoxy) is 1. The van der Waals surface area contributed by atoms with Gasteiger partial charge in [-0.1, -0.05) is 35.8 Å². The maximum absolute atomic E-state index is 5.90. The van der Waals surface area contributed by atoms with Crippen molar-refractivity contribution in [2.24, 2.45) is 5.41 Å². The SMILES string of the molecule is CC(C)(CBr)COc1cccc2ncccc12. The second-order valence-corrected chi connectivity index (χ2v) is 5.47. The van der Waals surface area contributed by atoms with E-state index in [2.05, 4.69) is 34.8 Å². The Hall–Kier alpha value is -1.09. The number of halogens is 1. The summed E-state index contributed by atoms with van der Waals surface area (Å²) in [7, 11) is 0. The third-order valence-electron chi connectivity index (χ3n) is 2.59. The van der Waals surface area contributed by atoms with Crippen LogP contribution in [0.15, 0.2) is 36.5 Å². The quantitative estimate of drug-likeness (QED) is 0.794. The topological polar surface area (TPSA) is 22.1 Å². The van der Waals surface area contributed by atoms with Crippen molar-refractivity contribution in [3.05, 3.63) is 36.5 Å². The van der Waals surface area contributed by atoms with Crippen molar-refractivity contribution >= 4 is 26.8 Å². The highest BCUT2D eigenvalue weighted by atomic mass is 79.9. The van der Waals surface area contributed by atoms with Crippen LogP contribution in [-0.4, -0.2) is 16.9 Å². The van der Waals surface area contributed by atoms with E-state index in [1.54, 1.807) is 6.20 Å². The molecule has 0 bridgehead atoms. The van der Waals surface area contributed by atoms with Gasteiger partial charge < -0.3 is 4.74 Å². The first-order valence-electron chi connectivity index (χ1n) is 5.65. The van der Waals surface area contributed by atoms with E-state index in [1.165, 1.54) is 0 Å². The third-order valence-corrected chi connectivity index (χ3v) is 4.10. The van der Waals surface area contributed by atoms with Crippen LogP contribution >= 0.6 is 15.9 Å². The Labute approximate surface area is 110 Å². The van der Waals surface area contributed by atoms with E-state index in [1.807, 2.05) is 30.3 Å². The van der Waals surface area contributed by atoms with E-state index in [0.717, 1.165) is 22.0 Å². The van der Waals surface area contributed by atoms with E-state index in [0.29, 0.717) is 6.61 Å². The van der Waals surface area contributed by atoms with Crippen molar-refractivity contribution in [2.45, 2.75) is 13.8 Å². The summed E-state index contributed by atoms with van der Waals surface area (Å²) in [4.78, 5) is 4.32. The molecule has 0 saturated carbocycles. The Kier molecular flexibility index (Phi) is 3.67. The summed E-state index contributed by atoms with van der Waals surface area (Å²) in [5, 5.41) is 1.99. The average molecular weight is 294 g/mol. The molecule has 0 fully saturated rings. The van der Waals surface area contributed by atoms with Crippen molar-refractivity contribution in [3.8, 4) is 5.75 Å². The molecule has 2 nitrogen and oxygen atoms in total. The maximum atomic E-state index is 5.90. The molecule has 1 aromatic heterocycles. The number of nitrogens with zero attached hydrogens (tertiary/aromatic N) is 1. The summed E-state index contributed by atoms with van der Waals surface area (Å²) >= 11 is 3.50. The molecule has 0 saturated heterocycles. The molecule has 90 valence electrons. The number of hydrogen-bond acceptors (Lipinski definition) is 2. The van der Waals surface area contributed by atoms with Crippen molar-refractivity contribution in [1.82, 2.24) is 4.98 Å². The number of hydrogen-bond donors (Lipinski definition) is 0. The lowest BCUT2D eigenvalue weighted by Crippen LogP contribution is -2.22. The van der Waals surface area contributed by atoms with Gasteiger partial charge in [0.05, 0.1) is 12.1 Å². The summed E-state index contributed by atoms with van der Waals surface area (Å²) in [6.07, 6.45) is 1.80. The molecular weight excluding hydrogens is 278 g/mol. The van der Waals surface area contributed by atoms with Gasteiger partial charge in [0.25, 0.3) is 0 Å². The number of alkyl halides is 1. The van der Waals surface area contributed by atoms with E-state index in [-0.39, 0.29) is 5.41 Å². The Morgan fingerprint density at radius 2 is 2.06 bits per heavy atom. The van der Waals surface area contributed by atoms with Crippen LogP contribution in [0.25, 0.3) is 10.9 Å². The Balaban J connectivity index is 2.24. The summed E-state index contributed by atoms with van der Waals surface area (Å²) in [5.74, 6) is 0.907. The van der Waals surface area contributed by atoms with Crippen molar-refractivity contribution in [3.63, 3.8) is 0 Å². The van der Waals surface area contributed by atoms with Gasteiger partial charge in [-0.3, -0.25) is 4.98 Å². The smallest absolute Gasteiger partial charge is 0.128 e. The summed E-state index contributed by atoms with van der Waals surface area (Å²) in [6, 6.07) is 9.95. The summed E-state index contributed by atoms with van der Waals surface area (Å²) in [6.45, 7) is 5.03. The minimum atomic E-state index is 0.129. The van der Waals surface area contributed by atoms with Gasteiger partial charge in [0.2, 0.25) is 0 Å². The second-order valence-electron chi connectivity index (χ2n) is 4.91. The van der Waals surface area contributed by atoms with Crippen LogP contribution in [0.5, 0.6) is 5.75 Å². The first kappa shape index (κ1) is 12.4. The van der Waals surface area contributed by atoms with Crippen LogP contribution in [0.3, 0.4) is 0 Å². The lowest BCUT2D eigenvalue weighted by atomic mass is 9.98. The zero-order valence-corrected chi connectivity index (χ0v) is 11.7. The average Bonchev–Trinajstić information content (AvgIpc) is 2.36. The Morgan fingerprint density at radius 1 is 1.24 bits per heavy atom. The molecule has 0 spiro atoms. The second kappa shape index (κ2) is 5.05. The minimum Gasteiger partial charge on any atom is -0.492 e. The Bertz CT molecular complexity index is 505. The molecule has 0 atom stereocenters. The van der Waals surface area contributed by atoms with Gasteiger partial charge >= 0.3 is 0 Å². The van der Waals surface area contributed by atoms with Gasteiger partial charge in [-0.25, -0.2) is 0 Å². The van der Waals surface area contributed by atoms with E-state index < -0.39 is 0 Å². The molecule has 1 heterocycles. The lowest BCUT2D eigenvalue weighted by molar-refractivity contribution is 0.205. The predicted molar refractivity (Wildman–Crippen MR) is 74.8 cm³/mol. The van der Waals surface area contributed by atoms with E-state index >= 15 is 0 Å². The molecule has 3 heteroatoms. The first-order valence-corrected chi connectivity index (χ1v) is 6.77. The fraction of sp³-hybridized carbons (Fsp3) is 0.357. The molecule has 2 rings (SSSR count). The fourth-order valence-electron chi connectivity index (χ4n) is 1.51. The van der Waals surface area contributed by atoms with Crippen LogP contribution in [0, 0.1) is 5.41 Å². The minimum absolute atomic E-state index is 0.129. The molecule has 0 N–H and O–H groups in total. The molecule has 0 unspecified atom stereocenters. The largest absolute Gasteiger partial charge is 0.492 e. The van der Waals surface area contributed by atoms with Crippen molar-refractivity contribution < 1.29 is 4.74 Å². The summed E-state index contributed by atoms with van der Waals surface area (Å²) < 4.78 is 5.90. The van der Waals surface area contributed by atoms with Gasteiger partial charge in [0.1, 0.15) is 5.75 Å². The third kappa shape index (κ3) is 2.97. The molecule has 0 amide bonds. The van der Waals surface area contributed by atoms with Crippen LogP contribution < -0.4 is 4.74 Å². The molecule has 2 aromatic rings. The summed E-state index contributed by atoms with van der Waals surface area (Å²) in [5.41, 5.74) is 1.10. The van der Waals surface area contributed by atoms with Gasteiger partial charge in [0.15, 0.2) is 0 Å². The number of benzene rings is 1. The van der Waals surface area contributed by atoms with Gasteiger partial charge in [-0.05, 0) is 24.3 Å². The van der Waals surface area contributed by atoms with Crippen LogP contribution in [0.4, 0.5) is 0 Å². The molecule has 0 aliphatic carbocycles. The van der Waals surface area contributed by atoms with E-state index in [4.69, 9.17) is 4.74 Å². The van der Waals surface area contributed by atoms with Crippen molar-refractivity contribution in [1.29, 1.82) is 0 Å². The molecule has 0 aliphatic rings. The highest BCUT2D eigenvalue weighted by Gasteiger charge is 2.17. The predicted octanol–water partition coefficient (Wildman–Crippen LogP) is 4.03. The molecule has 1 aromatic carbocycles. The highest BCUT2D eigenvalue weighted by Crippen LogP contribution is 2.26. The number of pyridine rings is 1. The van der Waals surface area contributed by atoms with E-state index in [9.17, 15) is 0 Å². The zero-order valence-electron chi connectivity index (χ0n) is 10.1. The Morgan fingerprint density at radius 3 is 2.82 bits per heavy atom. The number of fused-ring (bicyclic) bond motifs is 1. The van der Waals surface area contributed by atoms with Gasteiger partial charge in [-0.15, -0.1) is 0 Å². The number of aromatic nitrogens is 1. The van der Waals surface area contributed by atoms with Crippen LogP contribution in [0.2, 0.25) is 0 Å². The first-order chi connectivity index (χ1) is 8.12. The standard InChI is InChI=1S/C14H16BrNO/c1-14(2,9-15)10-17-13-7-3-6-12-11(13)5-4-8-16-12/h3-8H,9-10H2,1-2H3. The van der Waals surface area contributed by atoms with Crippen LogP contribution in [0.1, 0.15) is 13.8 Å². The maximum Gasteiger partial charge on any atom is 0.128 e. The fourth-order valence-corrected chi connectivity index (χ4v) is 1.67. The lowest BCUT2D eigenvalue weighted by Gasteiger charge is -2.22. The van der Waals surface area contributed by atoms with Crippen molar-refractivity contribution in [2.75, 3.05) is 11.9 Å². The van der Waals surface area contributed by atoms with Crippen LogP contribution in [-0.2, 0) is 0 Å². The zero-order chi connectivity index (χ0) is 12.3.